The van der Waals surface area contributed by atoms with Crippen LogP contribution in [0.15, 0.2) is 0 Å². The van der Waals surface area contributed by atoms with Crippen LogP contribution < -0.4 is 5.73 Å². The highest BCUT2D eigenvalue weighted by atomic mass is 32.2. The molecule has 0 spiro atoms. The zero-order valence-electron chi connectivity index (χ0n) is 8.25. The van der Waals surface area contributed by atoms with Crippen molar-refractivity contribution in [3.8, 4) is 0 Å². The summed E-state index contributed by atoms with van der Waals surface area (Å²) < 4.78 is 22.9. The Kier molecular flexibility index (Phi) is 3.35. The van der Waals surface area contributed by atoms with Gasteiger partial charge in [0.05, 0.1) is 11.5 Å². The molecule has 1 atom stereocenters. The number of hydrogen-bond donors (Lipinski definition) is 1. The Hall–Kier alpha value is -0.0900. The molecule has 1 aliphatic rings. The lowest BCUT2D eigenvalue weighted by molar-refractivity contribution is 0.257. The molecule has 1 saturated heterocycles. The van der Waals surface area contributed by atoms with Crippen molar-refractivity contribution in [2.24, 2.45) is 11.1 Å². The van der Waals surface area contributed by atoms with Crippen LogP contribution in [0.3, 0.4) is 0 Å². The SMILES string of the molecule is CCC1(CCN)CCCS(=O)(=O)C1. The van der Waals surface area contributed by atoms with E-state index >= 15 is 0 Å². The van der Waals surface area contributed by atoms with Crippen LogP contribution in [-0.4, -0.2) is 26.5 Å². The lowest BCUT2D eigenvalue weighted by Gasteiger charge is -2.35. The highest BCUT2D eigenvalue weighted by Crippen LogP contribution is 2.37. The number of nitrogens with two attached hydrogens (primary N) is 1. The van der Waals surface area contributed by atoms with E-state index in [-0.39, 0.29) is 5.41 Å². The second-order valence-corrected chi connectivity index (χ2v) is 6.27. The first-order valence-corrected chi connectivity index (χ1v) is 6.76. The predicted octanol–water partition coefficient (Wildman–Crippen LogP) is 0.940. The molecule has 0 aromatic heterocycles. The van der Waals surface area contributed by atoms with Crippen LogP contribution >= 0.6 is 0 Å². The van der Waals surface area contributed by atoms with Crippen molar-refractivity contribution in [3.63, 3.8) is 0 Å². The standard InChI is InChI=1S/C9H19NO2S/c1-2-9(5-6-10)4-3-7-13(11,12)8-9/h2-8,10H2,1H3. The molecule has 1 heterocycles. The molecule has 1 fully saturated rings. The van der Waals surface area contributed by atoms with Gasteiger partial charge >= 0.3 is 0 Å². The molecule has 0 radical (unpaired) electrons. The summed E-state index contributed by atoms with van der Waals surface area (Å²) in [5.41, 5.74) is 5.51. The Morgan fingerprint density at radius 1 is 1.46 bits per heavy atom. The quantitative estimate of drug-likeness (QED) is 0.746. The van der Waals surface area contributed by atoms with Gasteiger partial charge in [0.15, 0.2) is 9.84 Å². The van der Waals surface area contributed by atoms with Crippen molar-refractivity contribution in [1.82, 2.24) is 0 Å². The molecule has 13 heavy (non-hydrogen) atoms. The zero-order valence-corrected chi connectivity index (χ0v) is 9.07. The Morgan fingerprint density at radius 2 is 2.15 bits per heavy atom. The minimum Gasteiger partial charge on any atom is -0.330 e. The van der Waals surface area contributed by atoms with Gasteiger partial charge in [-0.2, -0.15) is 0 Å². The minimum atomic E-state index is -2.78. The van der Waals surface area contributed by atoms with Crippen molar-refractivity contribution >= 4 is 9.84 Å². The molecule has 1 rings (SSSR count). The monoisotopic (exact) mass is 205 g/mol. The maximum absolute atomic E-state index is 11.5. The van der Waals surface area contributed by atoms with E-state index in [0.29, 0.717) is 18.1 Å². The van der Waals surface area contributed by atoms with Gasteiger partial charge in [0.2, 0.25) is 0 Å². The van der Waals surface area contributed by atoms with E-state index in [1.165, 1.54) is 0 Å². The molecule has 3 nitrogen and oxygen atoms in total. The van der Waals surface area contributed by atoms with Gasteiger partial charge in [-0.1, -0.05) is 6.92 Å². The Bertz CT molecular complexity index is 257. The highest BCUT2D eigenvalue weighted by molar-refractivity contribution is 7.91. The maximum Gasteiger partial charge on any atom is 0.150 e. The summed E-state index contributed by atoms with van der Waals surface area (Å²) in [6.07, 6.45) is 3.63. The average Bonchev–Trinajstić information content (AvgIpc) is 2.03. The summed E-state index contributed by atoms with van der Waals surface area (Å²) in [7, 11) is -2.78. The van der Waals surface area contributed by atoms with E-state index in [2.05, 4.69) is 6.92 Å². The van der Waals surface area contributed by atoms with E-state index in [1.807, 2.05) is 0 Å². The fourth-order valence-corrected chi connectivity index (χ4v) is 4.39. The van der Waals surface area contributed by atoms with Gasteiger partial charge < -0.3 is 5.73 Å². The molecule has 0 aromatic carbocycles. The summed E-state index contributed by atoms with van der Waals surface area (Å²) in [5, 5.41) is 0. The zero-order chi connectivity index (χ0) is 9.95. The largest absolute Gasteiger partial charge is 0.330 e. The molecule has 0 amide bonds. The van der Waals surface area contributed by atoms with Crippen LogP contribution in [0, 0.1) is 5.41 Å². The smallest absolute Gasteiger partial charge is 0.150 e. The number of rotatable bonds is 3. The van der Waals surface area contributed by atoms with Crippen LogP contribution in [0.1, 0.15) is 32.6 Å². The Labute approximate surface area is 80.6 Å². The van der Waals surface area contributed by atoms with Gasteiger partial charge in [-0.25, -0.2) is 8.42 Å². The summed E-state index contributed by atoms with van der Waals surface area (Å²) in [4.78, 5) is 0. The molecular weight excluding hydrogens is 186 g/mol. The molecule has 78 valence electrons. The molecule has 0 aliphatic carbocycles. The topological polar surface area (TPSA) is 60.2 Å². The number of sulfone groups is 1. The normalized spacial score (nSPS) is 33.1. The van der Waals surface area contributed by atoms with Crippen molar-refractivity contribution in [2.75, 3.05) is 18.1 Å². The minimum absolute atomic E-state index is 0.00810. The maximum atomic E-state index is 11.5. The van der Waals surface area contributed by atoms with Gasteiger partial charge in [-0.15, -0.1) is 0 Å². The molecule has 4 heteroatoms. The first-order chi connectivity index (χ1) is 6.04. The molecule has 0 saturated carbocycles. The van der Waals surface area contributed by atoms with E-state index in [1.54, 1.807) is 0 Å². The predicted molar refractivity (Wildman–Crippen MR) is 54.3 cm³/mol. The average molecular weight is 205 g/mol. The van der Waals surface area contributed by atoms with Crippen LogP contribution in [0.2, 0.25) is 0 Å². The first-order valence-electron chi connectivity index (χ1n) is 4.94. The Balaban J connectivity index is 2.76. The third-order valence-corrected chi connectivity index (χ3v) is 5.08. The summed E-state index contributed by atoms with van der Waals surface area (Å²) in [6.45, 7) is 2.67. The van der Waals surface area contributed by atoms with Gasteiger partial charge in [-0.3, -0.25) is 0 Å². The van der Waals surface area contributed by atoms with Gasteiger partial charge in [0.25, 0.3) is 0 Å². The van der Waals surface area contributed by atoms with Crippen molar-refractivity contribution in [3.05, 3.63) is 0 Å². The van der Waals surface area contributed by atoms with Crippen molar-refractivity contribution in [1.29, 1.82) is 0 Å². The van der Waals surface area contributed by atoms with Gasteiger partial charge in [-0.05, 0) is 37.6 Å². The molecule has 0 bridgehead atoms. The van der Waals surface area contributed by atoms with E-state index < -0.39 is 9.84 Å². The summed E-state index contributed by atoms with van der Waals surface area (Å²) in [6, 6.07) is 0. The van der Waals surface area contributed by atoms with Crippen LogP contribution in [0.25, 0.3) is 0 Å². The second kappa shape index (κ2) is 3.96. The number of hydrogen-bond acceptors (Lipinski definition) is 3. The van der Waals surface area contributed by atoms with E-state index in [4.69, 9.17) is 5.73 Å². The third-order valence-electron chi connectivity index (χ3n) is 3.11. The first kappa shape index (κ1) is 11.0. The van der Waals surface area contributed by atoms with E-state index in [9.17, 15) is 8.42 Å². The lowest BCUT2D eigenvalue weighted by Crippen LogP contribution is -2.37. The summed E-state index contributed by atoms with van der Waals surface area (Å²) in [5.74, 6) is 0.729. The molecule has 0 aromatic rings. The fourth-order valence-electron chi connectivity index (χ4n) is 2.24. The lowest BCUT2D eigenvalue weighted by atomic mass is 9.79. The molecule has 1 aliphatic heterocycles. The molecular formula is C9H19NO2S. The van der Waals surface area contributed by atoms with Gasteiger partial charge in [0.1, 0.15) is 0 Å². The van der Waals surface area contributed by atoms with Crippen molar-refractivity contribution < 1.29 is 8.42 Å². The van der Waals surface area contributed by atoms with Crippen LogP contribution in [0.4, 0.5) is 0 Å². The van der Waals surface area contributed by atoms with Crippen LogP contribution in [0.5, 0.6) is 0 Å². The van der Waals surface area contributed by atoms with E-state index in [0.717, 1.165) is 25.7 Å². The fraction of sp³-hybridized carbons (Fsp3) is 1.00. The van der Waals surface area contributed by atoms with Crippen molar-refractivity contribution in [2.45, 2.75) is 32.6 Å². The third kappa shape index (κ3) is 2.68. The van der Waals surface area contributed by atoms with Crippen LogP contribution in [-0.2, 0) is 9.84 Å². The second-order valence-electron chi connectivity index (χ2n) is 4.09. The molecule has 2 N–H and O–H groups in total. The highest BCUT2D eigenvalue weighted by Gasteiger charge is 2.36. The molecule has 1 unspecified atom stereocenters. The Morgan fingerprint density at radius 3 is 2.62 bits per heavy atom. The van der Waals surface area contributed by atoms with Gasteiger partial charge in [0, 0.05) is 0 Å². The summed E-state index contributed by atoms with van der Waals surface area (Å²) >= 11 is 0.